The molecule has 0 amide bonds. The summed E-state index contributed by atoms with van der Waals surface area (Å²) in [6, 6.07) is 0. The van der Waals surface area contributed by atoms with Crippen LogP contribution in [0, 0.1) is 46.3 Å². The molecule has 35 unspecified atom stereocenters. The Kier molecular flexibility index (Phi) is 21.1. The molecule has 0 aromatic rings. The second-order valence-electron chi connectivity index (χ2n) is 26.5. The van der Waals surface area contributed by atoms with Crippen molar-refractivity contribution < 1.29 is 139 Å². The molecular weight excluding hydrogens is 1130 g/mol. The molecule has 28 heteroatoms. The van der Waals surface area contributed by atoms with Crippen molar-refractivity contribution in [3.63, 3.8) is 0 Å². The Morgan fingerprint density at radius 2 is 0.953 bits per heavy atom. The molecule has 4 saturated carbocycles. The van der Waals surface area contributed by atoms with E-state index < -0.39 is 193 Å². The number of hydrogen-bond acceptors (Lipinski definition) is 28. The highest BCUT2D eigenvalue weighted by atomic mass is 16.8. The molecule has 5 saturated heterocycles. The molecule has 35 atom stereocenters. The van der Waals surface area contributed by atoms with Gasteiger partial charge >= 0.3 is 0 Å². The highest BCUT2D eigenvalue weighted by Gasteiger charge is 2.65. The molecular formula is C57H94O28. The molecule has 10 rings (SSSR count). The van der Waals surface area contributed by atoms with E-state index in [1.54, 1.807) is 0 Å². The third kappa shape index (κ3) is 12.4. The Labute approximate surface area is 492 Å². The van der Waals surface area contributed by atoms with Gasteiger partial charge in [0.15, 0.2) is 31.5 Å². The normalized spacial score (nSPS) is 53.1. The van der Waals surface area contributed by atoms with Gasteiger partial charge in [0.2, 0.25) is 0 Å². The highest BCUT2D eigenvalue weighted by Crippen LogP contribution is 2.70. The fourth-order valence-corrected chi connectivity index (χ4v) is 16.6. The van der Waals surface area contributed by atoms with E-state index in [1.807, 2.05) is 6.92 Å². The molecule has 9 fully saturated rings. The zero-order valence-electron chi connectivity index (χ0n) is 48.5. The molecule has 0 aromatic heterocycles. The van der Waals surface area contributed by atoms with Crippen LogP contribution < -0.4 is 0 Å². The molecule has 28 nitrogen and oxygen atoms in total. The van der Waals surface area contributed by atoms with Crippen LogP contribution in [0.1, 0.15) is 91.9 Å². The fourth-order valence-electron chi connectivity index (χ4n) is 16.6. The predicted octanol–water partition coefficient (Wildman–Crippen LogP) is -5.18. The van der Waals surface area contributed by atoms with Crippen LogP contribution in [0.3, 0.4) is 0 Å². The average molecular weight is 1230 g/mol. The lowest BCUT2D eigenvalue weighted by molar-refractivity contribution is -0.406. The molecule has 4 aliphatic carbocycles. The number of ether oxygens (including phenoxy) is 11. The standard InChI is InChI=1S/C57H94O28/c1-21(20-75-51-44(71)40(67)36(63)30(15-58)78-51)5-8-28-22(2)35-29(77-28)14-27-25-7-6-23-13-24(9-11-56(23,3)26(25)10-12-57(27,35)4)76-52-47(74)43(70)48(34(19-62)82-52)83-55-50(85-54-46(73)42(69)38(65)32(17-60)80-54)49(39(66)33(18-61)81-55)84-53-45(72)41(68)37(64)31(16-59)79-53/h21,23-27,29-55,58-74H,5-20H2,1-4H3. The number of aliphatic hydroxyl groups is 17. The summed E-state index contributed by atoms with van der Waals surface area (Å²) in [5.41, 5.74) is 1.37. The molecule has 0 aromatic carbocycles. The molecule has 10 aliphatic rings. The Morgan fingerprint density at radius 1 is 0.471 bits per heavy atom. The van der Waals surface area contributed by atoms with Gasteiger partial charge in [-0.1, -0.05) is 20.8 Å². The van der Waals surface area contributed by atoms with Gasteiger partial charge in [0.05, 0.1) is 51.5 Å². The van der Waals surface area contributed by atoms with Gasteiger partial charge in [0.1, 0.15) is 128 Å². The van der Waals surface area contributed by atoms with Crippen molar-refractivity contribution in [2.45, 2.75) is 258 Å². The van der Waals surface area contributed by atoms with Crippen molar-refractivity contribution in [2.75, 3.05) is 39.6 Å². The zero-order chi connectivity index (χ0) is 61.3. The van der Waals surface area contributed by atoms with Crippen LogP contribution in [-0.2, 0) is 52.1 Å². The molecule has 85 heavy (non-hydrogen) atoms. The van der Waals surface area contributed by atoms with Crippen LogP contribution in [0.5, 0.6) is 0 Å². The minimum Gasteiger partial charge on any atom is -0.494 e. The largest absolute Gasteiger partial charge is 0.494 e. The topological polar surface area (TPSA) is 445 Å². The lowest BCUT2D eigenvalue weighted by Crippen LogP contribution is -2.68. The van der Waals surface area contributed by atoms with E-state index in [0.29, 0.717) is 36.5 Å². The van der Waals surface area contributed by atoms with E-state index in [9.17, 15) is 86.8 Å². The summed E-state index contributed by atoms with van der Waals surface area (Å²) < 4.78 is 66.3. The molecule has 17 N–H and O–H groups in total. The van der Waals surface area contributed by atoms with Gasteiger partial charge in [-0.15, -0.1) is 0 Å². The summed E-state index contributed by atoms with van der Waals surface area (Å²) in [6.45, 7) is 5.32. The van der Waals surface area contributed by atoms with Crippen molar-refractivity contribution in [1.29, 1.82) is 0 Å². The first-order valence-corrected chi connectivity index (χ1v) is 30.5. The first kappa shape index (κ1) is 66.4. The monoisotopic (exact) mass is 1230 g/mol. The Bertz CT molecular complexity index is 2210. The molecule has 6 heterocycles. The second kappa shape index (κ2) is 27.0. The minimum atomic E-state index is -2.06. The van der Waals surface area contributed by atoms with Crippen molar-refractivity contribution in [2.24, 2.45) is 46.3 Å². The van der Waals surface area contributed by atoms with E-state index in [2.05, 4.69) is 20.8 Å². The Balaban J connectivity index is 0.769. The average Bonchev–Trinajstić information content (AvgIpc) is 1.64. The summed E-state index contributed by atoms with van der Waals surface area (Å²) in [7, 11) is 0. The van der Waals surface area contributed by atoms with Crippen LogP contribution in [0.15, 0.2) is 11.3 Å². The smallest absolute Gasteiger partial charge is 0.187 e. The second-order valence-corrected chi connectivity index (χ2v) is 26.5. The maximum Gasteiger partial charge on any atom is 0.187 e. The van der Waals surface area contributed by atoms with Gasteiger partial charge in [0.25, 0.3) is 0 Å². The highest BCUT2D eigenvalue weighted by molar-refractivity contribution is 5.27. The Morgan fingerprint density at radius 3 is 1.54 bits per heavy atom. The van der Waals surface area contributed by atoms with E-state index in [-0.39, 0.29) is 35.4 Å². The summed E-state index contributed by atoms with van der Waals surface area (Å²) >= 11 is 0. The number of allylic oxidation sites excluding steroid dienone is 1. The van der Waals surface area contributed by atoms with Gasteiger partial charge in [0, 0.05) is 12.3 Å². The molecule has 6 aliphatic heterocycles. The first-order valence-electron chi connectivity index (χ1n) is 30.5. The van der Waals surface area contributed by atoms with Crippen molar-refractivity contribution in [3.05, 3.63) is 11.3 Å². The van der Waals surface area contributed by atoms with E-state index >= 15 is 0 Å². The van der Waals surface area contributed by atoms with Crippen LogP contribution in [-0.4, -0.2) is 292 Å². The number of fused-ring (bicyclic) bond motifs is 7. The predicted molar refractivity (Wildman–Crippen MR) is 283 cm³/mol. The summed E-state index contributed by atoms with van der Waals surface area (Å²) in [5, 5.41) is 181. The first-order chi connectivity index (χ1) is 40.4. The summed E-state index contributed by atoms with van der Waals surface area (Å²) in [4.78, 5) is 0. The number of rotatable bonds is 19. The third-order valence-corrected chi connectivity index (χ3v) is 21.6. The van der Waals surface area contributed by atoms with Crippen molar-refractivity contribution in [3.8, 4) is 0 Å². The Hall–Kier alpha value is -1.54. The van der Waals surface area contributed by atoms with Gasteiger partial charge in [-0.25, -0.2) is 0 Å². The van der Waals surface area contributed by atoms with Crippen LogP contribution in [0.25, 0.3) is 0 Å². The summed E-state index contributed by atoms with van der Waals surface area (Å²) in [5.74, 6) is 3.11. The van der Waals surface area contributed by atoms with Gasteiger partial charge in [-0.05, 0) is 111 Å². The van der Waals surface area contributed by atoms with Crippen LogP contribution in [0.4, 0.5) is 0 Å². The zero-order valence-corrected chi connectivity index (χ0v) is 48.5. The third-order valence-electron chi connectivity index (χ3n) is 21.6. The SMILES string of the molecule is CC1=C(CCC(C)COC2OC(CO)C(O)C(O)C2O)OC2CC3C4CCC5CC(OC6OC(CO)C(OC7OC(CO)C(O)C(OC8OC(CO)C(O)C(O)C8O)C7OC7OC(CO)C(O)C(O)C7O)C(O)C6O)CCC5(C)C4CCC3(C)C12. The lowest BCUT2D eigenvalue weighted by atomic mass is 9.44. The molecule has 0 radical (unpaired) electrons. The van der Waals surface area contributed by atoms with Crippen molar-refractivity contribution in [1.82, 2.24) is 0 Å². The van der Waals surface area contributed by atoms with E-state index in [4.69, 9.17) is 52.1 Å². The van der Waals surface area contributed by atoms with Gasteiger partial charge in [-0.3, -0.25) is 0 Å². The minimum absolute atomic E-state index is 0.00321. The van der Waals surface area contributed by atoms with Gasteiger partial charge in [-0.2, -0.15) is 0 Å². The van der Waals surface area contributed by atoms with Crippen molar-refractivity contribution >= 4 is 0 Å². The maximum atomic E-state index is 11.9. The van der Waals surface area contributed by atoms with E-state index in [1.165, 1.54) is 5.57 Å². The van der Waals surface area contributed by atoms with E-state index in [0.717, 1.165) is 57.1 Å². The van der Waals surface area contributed by atoms with Crippen LogP contribution >= 0.6 is 0 Å². The maximum absolute atomic E-state index is 11.9. The molecule has 490 valence electrons. The van der Waals surface area contributed by atoms with Gasteiger partial charge < -0.3 is 139 Å². The summed E-state index contributed by atoms with van der Waals surface area (Å²) in [6.07, 6.45) is -34.5. The fraction of sp³-hybridized carbons (Fsp3) is 0.965. The van der Waals surface area contributed by atoms with Crippen LogP contribution in [0.2, 0.25) is 0 Å². The quantitative estimate of drug-likeness (QED) is 0.0538. The molecule has 0 bridgehead atoms. The molecule has 0 spiro atoms. The number of aliphatic hydroxyl groups excluding tert-OH is 17. The lowest BCUT2D eigenvalue weighted by Gasteiger charge is -2.61. The number of hydrogen-bond donors (Lipinski definition) is 17.